The number of hydrogen-bond donors (Lipinski definition) is 0. The number of nitrogens with zero attached hydrogens (tertiary/aromatic N) is 3. The van der Waals surface area contributed by atoms with Crippen LogP contribution in [0.25, 0.3) is 10.8 Å². The van der Waals surface area contributed by atoms with Gasteiger partial charge in [-0.05, 0) is 36.0 Å². The van der Waals surface area contributed by atoms with Crippen molar-refractivity contribution in [1.82, 2.24) is 10.2 Å². The molecule has 8 atom stereocenters. The van der Waals surface area contributed by atoms with E-state index in [-0.39, 0.29) is 23.9 Å². The van der Waals surface area contributed by atoms with E-state index < -0.39 is 5.41 Å². The zero-order chi connectivity index (χ0) is 19.8. The summed E-state index contributed by atoms with van der Waals surface area (Å²) in [6.07, 6.45) is 4.56. The number of anilines is 1. The number of fused-ring (bicyclic) bond motifs is 1. The van der Waals surface area contributed by atoms with Crippen LogP contribution in [0.5, 0.6) is 0 Å². The van der Waals surface area contributed by atoms with E-state index in [0.29, 0.717) is 35.4 Å². The summed E-state index contributed by atoms with van der Waals surface area (Å²) in [4.78, 5) is 28.3. The summed E-state index contributed by atoms with van der Waals surface area (Å²) in [6, 6.07) is 8.18. The Morgan fingerprint density at radius 2 is 1.97 bits per heavy atom. The molecule has 7 fully saturated rings. The van der Waals surface area contributed by atoms with E-state index in [1.54, 1.807) is 6.20 Å². The molecule has 1 aromatic carbocycles. The lowest BCUT2D eigenvalue weighted by Crippen LogP contribution is -2.74. The molecule has 6 aliphatic carbocycles. The Balaban J connectivity index is 0.993. The second-order valence-electron chi connectivity index (χ2n) is 10.4. The number of rotatable bonds is 3. The van der Waals surface area contributed by atoms with E-state index in [0.717, 1.165) is 42.5 Å². The van der Waals surface area contributed by atoms with Crippen LogP contribution in [0.15, 0.2) is 30.5 Å². The van der Waals surface area contributed by atoms with Crippen LogP contribution in [0.1, 0.15) is 19.3 Å². The van der Waals surface area contributed by atoms with E-state index in [1.165, 1.54) is 6.42 Å². The number of carbonyl (C=O) groups is 2. The van der Waals surface area contributed by atoms with Gasteiger partial charge in [-0.2, -0.15) is 5.10 Å². The number of carbonyl (C=O) groups excluding carboxylic acids is 2. The minimum Gasteiger partial charge on any atom is -0.462 e. The first-order chi connectivity index (χ1) is 14.7. The number of aromatic nitrogens is 2. The highest BCUT2D eigenvalue weighted by atomic mass is 16.5. The van der Waals surface area contributed by atoms with Gasteiger partial charge in [-0.25, -0.2) is 0 Å². The van der Waals surface area contributed by atoms with Gasteiger partial charge in [-0.3, -0.25) is 9.59 Å². The molecule has 152 valence electrons. The molecule has 9 rings (SSSR count). The van der Waals surface area contributed by atoms with Crippen molar-refractivity contribution in [3.63, 3.8) is 0 Å². The molecule has 0 N–H and O–H groups in total. The van der Waals surface area contributed by atoms with Crippen molar-refractivity contribution < 1.29 is 14.3 Å². The summed E-state index contributed by atoms with van der Waals surface area (Å²) in [5, 5.41) is 10.8. The van der Waals surface area contributed by atoms with E-state index in [4.69, 9.17) is 4.74 Å². The van der Waals surface area contributed by atoms with Crippen LogP contribution < -0.4 is 4.90 Å². The lowest BCUT2D eigenvalue weighted by Gasteiger charge is -2.69. The first kappa shape index (κ1) is 16.2. The molecule has 4 bridgehead atoms. The molecular formula is C24H23N3O3. The predicted octanol–water partition coefficient (Wildman–Crippen LogP) is 2.47. The third-order valence-electron chi connectivity index (χ3n) is 9.78. The minimum atomic E-state index is -0.400. The summed E-state index contributed by atoms with van der Waals surface area (Å²) in [6.45, 7) is 1.61. The summed E-state index contributed by atoms with van der Waals surface area (Å²) in [5.74, 6) is 4.09. The molecule has 2 aromatic rings. The van der Waals surface area contributed by atoms with Gasteiger partial charge in [0.1, 0.15) is 11.9 Å². The molecule has 6 heteroatoms. The van der Waals surface area contributed by atoms with Crippen molar-refractivity contribution in [2.45, 2.75) is 25.4 Å². The van der Waals surface area contributed by atoms with Gasteiger partial charge in [0.2, 0.25) is 0 Å². The van der Waals surface area contributed by atoms with E-state index in [2.05, 4.69) is 27.2 Å². The molecule has 7 aliphatic rings. The SMILES string of the molecule is O=C1C2C3CC4C2C2(C(=O)OC5CCN(c6nncc7ccccc67)CC5)C1C3C42. The number of ketones is 1. The van der Waals surface area contributed by atoms with Gasteiger partial charge in [0.25, 0.3) is 0 Å². The number of esters is 1. The Morgan fingerprint density at radius 1 is 1.13 bits per heavy atom. The predicted molar refractivity (Wildman–Crippen MR) is 107 cm³/mol. The molecule has 30 heavy (non-hydrogen) atoms. The lowest BCUT2D eigenvalue weighted by molar-refractivity contribution is -0.267. The second-order valence-corrected chi connectivity index (χ2v) is 10.4. The van der Waals surface area contributed by atoms with Crippen molar-refractivity contribution in [2.24, 2.45) is 46.8 Å². The van der Waals surface area contributed by atoms with Gasteiger partial charge in [0.05, 0.1) is 11.6 Å². The number of benzene rings is 1. The molecule has 1 saturated heterocycles. The summed E-state index contributed by atoms with van der Waals surface area (Å²) in [5.41, 5.74) is -0.400. The van der Waals surface area contributed by atoms with Crippen LogP contribution in [-0.2, 0) is 14.3 Å². The van der Waals surface area contributed by atoms with Gasteiger partial charge in [0, 0.05) is 48.5 Å². The molecule has 1 aromatic heterocycles. The highest BCUT2D eigenvalue weighted by Crippen LogP contribution is 2.92. The smallest absolute Gasteiger partial charge is 0.313 e. The average Bonchev–Trinajstić information content (AvgIpc) is 3.29. The van der Waals surface area contributed by atoms with Crippen LogP contribution in [0.2, 0.25) is 0 Å². The van der Waals surface area contributed by atoms with Crippen LogP contribution >= 0.6 is 0 Å². The van der Waals surface area contributed by atoms with Crippen molar-refractivity contribution in [2.75, 3.05) is 18.0 Å². The first-order valence-corrected chi connectivity index (χ1v) is 11.4. The topological polar surface area (TPSA) is 72.4 Å². The fourth-order valence-corrected chi connectivity index (χ4v) is 9.06. The average molecular weight is 401 g/mol. The van der Waals surface area contributed by atoms with Crippen LogP contribution in [0.4, 0.5) is 5.82 Å². The molecule has 0 amide bonds. The quantitative estimate of drug-likeness (QED) is 0.736. The van der Waals surface area contributed by atoms with Crippen molar-refractivity contribution in [3.05, 3.63) is 30.5 Å². The fraction of sp³-hybridized carbons (Fsp3) is 0.583. The third-order valence-corrected chi connectivity index (χ3v) is 9.78. The lowest BCUT2D eigenvalue weighted by atomic mass is 9.32. The molecule has 6 nitrogen and oxygen atoms in total. The maximum Gasteiger partial charge on any atom is 0.313 e. The van der Waals surface area contributed by atoms with Gasteiger partial charge in [-0.1, -0.05) is 24.3 Å². The zero-order valence-electron chi connectivity index (χ0n) is 16.6. The molecule has 0 radical (unpaired) electrons. The summed E-state index contributed by atoms with van der Waals surface area (Å²) < 4.78 is 6.10. The van der Waals surface area contributed by atoms with Crippen LogP contribution in [0, 0.1) is 46.8 Å². The Labute approximate surface area is 174 Å². The van der Waals surface area contributed by atoms with Gasteiger partial charge < -0.3 is 9.64 Å². The highest BCUT2D eigenvalue weighted by molar-refractivity contribution is 6.03. The third kappa shape index (κ3) is 1.52. The summed E-state index contributed by atoms with van der Waals surface area (Å²) >= 11 is 0. The fourth-order valence-electron chi connectivity index (χ4n) is 9.06. The molecule has 6 saturated carbocycles. The Hall–Kier alpha value is -2.50. The molecule has 8 unspecified atom stereocenters. The largest absolute Gasteiger partial charge is 0.462 e. The van der Waals surface area contributed by atoms with E-state index in [1.807, 2.05) is 12.1 Å². The molecular weight excluding hydrogens is 378 g/mol. The second kappa shape index (κ2) is 5.04. The Bertz CT molecular complexity index is 1140. The number of ether oxygens (including phenoxy) is 1. The van der Waals surface area contributed by atoms with E-state index >= 15 is 0 Å². The minimum absolute atomic E-state index is 0.0137. The first-order valence-electron chi connectivity index (χ1n) is 11.4. The van der Waals surface area contributed by atoms with E-state index in [9.17, 15) is 9.59 Å². The maximum atomic E-state index is 13.3. The van der Waals surface area contributed by atoms with Gasteiger partial charge in [0.15, 0.2) is 5.82 Å². The van der Waals surface area contributed by atoms with Crippen LogP contribution in [0.3, 0.4) is 0 Å². The normalized spacial score (nSPS) is 44.5. The molecule has 2 heterocycles. The van der Waals surface area contributed by atoms with Crippen LogP contribution in [-0.4, -0.2) is 41.1 Å². The Morgan fingerprint density at radius 3 is 2.80 bits per heavy atom. The maximum absolute atomic E-state index is 13.3. The zero-order valence-corrected chi connectivity index (χ0v) is 16.6. The number of hydrogen-bond acceptors (Lipinski definition) is 6. The van der Waals surface area contributed by atoms with Crippen molar-refractivity contribution in [3.8, 4) is 0 Å². The number of Topliss-reactive ketones (excluding diaryl/α,β-unsaturated/α-hetero) is 1. The highest BCUT2D eigenvalue weighted by Gasteiger charge is 2.96. The summed E-state index contributed by atoms with van der Waals surface area (Å²) in [7, 11) is 0. The van der Waals surface area contributed by atoms with Gasteiger partial charge in [-0.15, -0.1) is 5.10 Å². The molecule has 1 aliphatic heterocycles. The monoisotopic (exact) mass is 401 g/mol. The Kier molecular flexibility index (Phi) is 2.72. The van der Waals surface area contributed by atoms with Crippen molar-refractivity contribution >= 4 is 28.3 Å². The van der Waals surface area contributed by atoms with Crippen molar-refractivity contribution in [1.29, 1.82) is 0 Å². The molecule has 0 spiro atoms. The van der Waals surface area contributed by atoms with Gasteiger partial charge >= 0.3 is 5.97 Å². The standard InChI is InChI=1S/C24H23N3O3/c28-21-17-14-9-15-18-16(14)20(21)24(18,19(15)17)23(29)30-12-5-7-27(8-6-12)22-13-4-2-1-3-11(13)10-25-26-22/h1-4,10,12,14-20H,5-9H2. The number of piperidine rings is 1.